The van der Waals surface area contributed by atoms with Crippen molar-refractivity contribution in [3.63, 3.8) is 0 Å². The molecule has 0 aromatic heterocycles. The molecule has 0 N–H and O–H groups in total. The minimum atomic E-state index is 0.279. The van der Waals surface area contributed by atoms with Gasteiger partial charge in [-0.25, -0.2) is 0 Å². The van der Waals surface area contributed by atoms with E-state index in [1.807, 2.05) is 0 Å². The van der Waals surface area contributed by atoms with Crippen LogP contribution in [0.15, 0.2) is 54.6 Å². The SMILES string of the molecule is CC(C)N1[C]N([C@@H](C)c2ccccc2)c2ccccc21. The summed E-state index contributed by atoms with van der Waals surface area (Å²) in [5.74, 6) is 0. The normalized spacial score (nSPS) is 15.6. The number of fused-ring (bicyclic) bond motifs is 1. The molecule has 0 spiro atoms. The maximum Gasteiger partial charge on any atom is 0.209 e. The molecule has 1 aliphatic rings. The quantitative estimate of drug-likeness (QED) is 0.806. The minimum Gasteiger partial charge on any atom is -0.337 e. The summed E-state index contributed by atoms with van der Waals surface area (Å²) in [5, 5.41) is 0. The van der Waals surface area contributed by atoms with Crippen molar-refractivity contribution in [3.8, 4) is 0 Å². The lowest BCUT2D eigenvalue weighted by Gasteiger charge is -2.27. The maximum atomic E-state index is 3.52. The van der Waals surface area contributed by atoms with Crippen LogP contribution >= 0.6 is 0 Å². The van der Waals surface area contributed by atoms with E-state index in [0.29, 0.717) is 6.04 Å². The van der Waals surface area contributed by atoms with E-state index >= 15 is 0 Å². The van der Waals surface area contributed by atoms with Crippen molar-refractivity contribution in [2.75, 3.05) is 9.80 Å². The van der Waals surface area contributed by atoms with Gasteiger partial charge in [-0.2, -0.15) is 0 Å². The van der Waals surface area contributed by atoms with Crippen molar-refractivity contribution < 1.29 is 0 Å². The van der Waals surface area contributed by atoms with Crippen molar-refractivity contribution >= 4 is 11.4 Å². The molecule has 0 saturated heterocycles. The van der Waals surface area contributed by atoms with E-state index in [0.717, 1.165) is 0 Å². The van der Waals surface area contributed by atoms with Crippen LogP contribution in [0.25, 0.3) is 0 Å². The summed E-state index contributed by atoms with van der Waals surface area (Å²) in [4.78, 5) is 4.46. The van der Waals surface area contributed by atoms with Gasteiger partial charge in [-0.3, -0.25) is 0 Å². The molecule has 2 heteroatoms. The van der Waals surface area contributed by atoms with Crippen molar-refractivity contribution in [2.45, 2.75) is 32.9 Å². The molecule has 0 saturated carbocycles. The van der Waals surface area contributed by atoms with Gasteiger partial charge in [0.2, 0.25) is 6.67 Å². The molecule has 2 nitrogen and oxygen atoms in total. The smallest absolute Gasteiger partial charge is 0.209 e. The van der Waals surface area contributed by atoms with Gasteiger partial charge in [-0.05, 0) is 38.5 Å². The first-order chi connectivity index (χ1) is 9.68. The number of rotatable bonds is 3. The highest BCUT2D eigenvalue weighted by atomic mass is 15.4. The second-order valence-electron chi connectivity index (χ2n) is 5.51. The van der Waals surface area contributed by atoms with Crippen molar-refractivity contribution in [1.82, 2.24) is 0 Å². The zero-order valence-corrected chi connectivity index (χ0v) is 12.2. The Morgan fingerprint density at radius 1 is 0.750 bits per heavy atom. The third-order valence-electron chi connectivity index (χ3n) is 3.80. The fourth-order valence-corrected chi connectivity index (χ4v) is 2.66. The Kier molecular flexibility index (Phi) is 3.39. The molecule has 1 aliphatic heterocycles. The maximum absolute atomic E-state index is 3.52. The Hall–Kier alpha value is -1.96. The first kappa shape index (κ1) is 13.0. The van der Waals surface area contributed by atoms with E-state index in [1.54, 1.807) is 0 Å². The van der Waals surface area contributed by atoms with E-state index < -0.39 is 0 Å². The fourth-order valence-electron chi connectivity index (χ4n) is 2.66. The molecule has 20 heavy (non-hydrogen) atoms. The highest BCUT2D eigenvalue weighted by Gasteiger charge is 2.32. The molecule has 0 unspecified atom stereocenters. The molecule has 0 bridgehead atoms. The van der Waals surface area contributed by atoms with Crippen LogP contribution in [-0.2, 0) is 0 Å². The topological polar surface area (TPSA) is 6.48 Å². The van der Waals surface area contributed by atoms with Gasteiger partial charge in [0.1, 0.15) is 0 Å². The van der Waals surface area contributed by atoms with Crippen LogP contribution < -0.4 is 9.80 Å². The van der Waals surface area contributed by atoms with E-state index in [2.05, 4.69) is 91.8 Å². The van der Waals surface area contributed by atoms with Gasteiger partial charge in [-0.15, -0.1) is 0 Å². The predicted octanol–water partition coefficient (Wildman–Crippen LogP) is 4.48. The van der Waals surface area contributed by atoms with Gasteiger partial charge >= 0.3 is 0 Å². The second kappa shape index (κ2) is 5.20. The molecular weight excluding hydrogens is 244 g/mol. The average Bonchev–Trinajstić information content (AvgIpc) is 2.87. The Morgan fingerprint density at radius 3 is 1.90 bits per heavy atom. The minimum absolute atomic E-state index is 0.279. The molecule has 0 aliphatic carbocycles. The van der Waals surface area contributed by atoms with Gasteiger partial charge in [0.25, 0.3) is 0 Å². The zero-order chi connectivity index (χ0) is 14.1. The van der Waals surface area contributed by atoms with Crippen LogP contribution in [0.1, 0.15) is 32.4 Å². The predicted molar refractivity (Wildman–Crippen MR) is 84.6 cm³/mol. The molecule has 2 aromatic carbocycles. The Balaban J connectivity index is 1.96. The monoisotopic (exact) mass is 264 g/mol. The molecule has 1 atom stereocenters. The van der Waals surface area contributed by atoms with E-state index in [4.69, 9.17) is 0 Å². The Morgan fingerprint density at radius 2 is 1.30 bits per heavy atom. The highest BCUT2D eigenvalue weighted by Crippen LogP contribution is 2.43. The zero-order valence-electron chi connectivity index (χ0n) is 12.2. The van der Waals surface area contributed by atoms with Crippen LogP contribution in [0.4, 0.5) is 11.4 Å². The molecule has 2 radical (unpaired) electrons. The fraction of sp³-hybridized carbons (Fsp3) is 0.278. The Bertz CT molecular complexity index is 577. The first-order valence-corrected chi connectivity index (χ1v) is 7.17. The Labute approximate surface area is 121 Å². The average molecular weight is 264 g/mol. The third-order valence-corrected chi connectivity index (χ3v) is 3.80. The van der Waals surface area contributed by atoms with Gasteiger partial charge in [0.05, 0.1) is 17.4 Å². The van der Waals surface area contributed by atoms with Crippen LogP contribution in [-0.4, -0.2) is 6.04 Å². The van der Waals surface area contributed by atoms with Gasteiger partial charge in [0, 0.05) is 6.04 Å². The molecule has 0 amide bonds. The summed E-state index contributed by atoms with van der Waals surface area (Å²) < 4.78 is 0. The van der Waals surface area contributed by atoms with Crippen LogP contribution in [0.2, 0.25) is 0 Å². The summed E-state index contributed by atoms with van der Waals surface area (Å²) in [6, 6.07) is 19.8. The molecular formula is C18H20N2. The number of anilines is 2. The number of hydrogen-bond donors (Lipinski definition) is 0. The molecule has 0 fully saturated rings. The van der Waals surface area contributed by atoms with E-state index in [9.17, 15) is 0 Å². The number of para-hydroxylation sites is 2. The third kappa shape index (κ3) is 2.15. The van der Waals surface area contributed by atoms with E-state index in [1.165, 1.54) is 16.9 Å². The van der Waals surface area contributed by atoms with Gasteiger partial charge in [0.15, 0.2) is 0 Å². The van der Waals surface area contributed by atoms with Crippen molar-refractivity contribution in [1.29, 1.82) is 0 Å². The van der Waals surface area contributed by atoms with Crippen molar-refractivity contribution in [3.05, 3.63) is 66.8 Å². The molecule has 3 rings (SSSR count). The van der Waals surface area contributed by atoms with Crippen LogP contribution in [0.3, 0.4) is 0 Å². The lowest BCUT2D eigenvalue weighted by atomic mass is 10.1. The lowest BCUT2D eigenvalue weighted by Crippen LogP contribution is -2.31. The van der Waals surface area contributed by atoms with Crippen LogP contribution in [0.5, 0.6) is 0 Å². The number of benzene rings is 2. The lowest BCUT2D eigenvalue weighted by molar-refractivity contribution is 0.691. The summed E-state index contributed by atoms with van der Waals surface area (Å²) in [7, 11) is 0. The summed E-state index contributed by atoms with van der Waals surface area (Å²) >= 11 is 0. The first-order valence-electron chi connectivity index (χ1n) is 7.17. The van der Waals surface area contributed by atoms with Gasteiger partial charge in [-0.1, -0.05) is 42.5 Å². The van der Waals surface area contributed by atoms with E-state index in [-0.39, 0.29) is 6.04 Å². The second-order valence-corrected chi connectivity index (χ2v) is 5.51. The standard InChI is InChI=1S/C18H20N2/c1-14(2)19-13-20(18-12-8-7-11-17(18)19)15(3)16-9-5-4-6-10-16/h4-12,14-15H,1-3H3/t15-/m0/s1. The largest absolute Gasteiger partial charge is 0.337 e. The van der Waals surface area contributed by atoms with Gasteiger partial charge < -0.3 is 9.80 Å². The summed E-state index contributed by atoms with van der Waals surface area (Å²) in [6.45, 7) is 10.1. The van der Waals surface area contributed by atoms with Crippen molar-refractivity contribution in [2.24, 2.45) is 0 Å². The molecule has 2 aromatic rings. The summed E-state index contributed by atoms with van der Waals surface area (Å²) in [5.41, 5.74) is 3.78. The number of nitrogens with zero attached hydrogens (tertiary/aromatic N) is 2. The summed E-state index contributed by atoms with van der Waals surface area (Å²) in [6.07, 6.45) is 0. The molecule has 102 valence electrons. The highest BCUT2D eigenvalue weighted by molar-refractivity contribution is 5.79. The molecule has 1 heterocycles. The van der Waals surface area contributed by atoms with Crippen LogP contribution in [0, 0.1) is 6.67 Å². The number of hydrogen-bond acceptors (Lipinski definition) is 2.